The molecule has 1 aromatic carbocycles. The molecule has 0 saturated carbocycles. The van der Waals surface area contributed by atoms with Crippen molar-refractivity contribution in [1.82, 2.24) is 5.32 Å². The van der Waals surface area contributed by atoms with Crippen molar-refractivity contribution in [1.29, 1.82) is 0 Å². The molecule has 7 nitrogen and oxygen atoms in total. The second-order valence-electron chi connectivity index (χ2n) is 3.57. The molecule has 98 valence electrons. The van der Waals surface area contributed by atoms with E-state index in [-0.39, 0.29) is 23.5 Å². The monoisotopic (exact) mass is 271 g/mol. The number of nitro groups is 1. The van der Waals surface area contributed by atoms with Crippen LogP contribution in [0.5, 0.6) is 0 Å². The van der Waals surface area contributed by atoms with Gasteiger partial charge in [0, 0.05) is 41.1 Å². The first-order chi connectivity index (χ1) is 8.41. The molecule has 8 heteroatoms. The molecule has 0 aliphatic heterocycles. The zero-order valence-corrected chi connectivity index (χ0v) is 10.5. The third-order valence-corrected chi connectivity index (χ3v) is 2.92. The van der Waals surface area contributed by atoms with Crippen LogP contribution in [0.15, 0.2) is 18.2 Å². The van der Waals surface area contributed by atoms with Gasteiger partial charge in [0.15, 0.2) is 0 Å². The fourth-order valence-electron chi connectivity index (χ4n) is 1.30. The minimum Gasteiger partial charge on any atom is -0.399 e. The highest BCUT2D eigenvalue weighted by Crippen LogP contribution is 2.20. The van der Waals surface area contributed by atoms with Gasteiger partial charge in [-0.25, -0.2) is 0 Å². The van der Waals surface area contributed by atoms with E-state index in [1.54, 1.807) is 0 Å². The number of benzene rings is 1. The highest BCUT2D eigenvalue weighted by Gasteiger charge is 2.19. The first-order valence-electron chi connectivity index (χ1n) is 5.04. The normalized spacial score (nSPS) is 11.8. The average Bonchev–Trinajstić information content (AvgIpc) is 2.27. The summed E-state index contributed by atoms with van der Waals surface area (Å²) in [5, 5.41) is 13.2. The Balaban J connectivity index is 2.87. The number of nitrogens with two attached hydrogens (primary N) is 1. The number of carbonyl (C=O) groups excluding carboxylic acids is 1. The molecule has 1 unspecified atom stereocenters. The van der Waals surface area contributed by atoms with E-state index in [0.717, 1.165) is 0 Å². The van der Waals surface area contributed by atoms with Gasteiger partial charge in [0.25, 0.3) is 11.6 Å². The fraction of sp³-hybridized carbons (Fsp3) is 0.300. The van der Waals surface area contributed by atoms with E-state index in [2.05, 4.69) is 5.32 Å². The predicted molar refractivity (Wildman–Crippen MR) is 68.8 cm³/mol. The van der Waals surface area contributed by atoms with Gasteiger partial charge in [0.2, 0.25) is 0 Å². The molecule has 1 rings (SSSR count). The Bertz CT molecular complexity index is 504. The first kappa shape index (κ1) is 14.1. The summed E-state index contributed by atoms with van der Waals surface area (Å²) in [7, 11) is -1.03. The number of carbonyl (C=O) groups is 1. The van der Waals surface area contributed by atoms with Crippen molar-refractivity contribution in [2.24, 2.45) is 0 Å². The number of amides is 1. The van der Waals surface area contributed by atoms with Crippen LogP contribution in [0.1, 0.15) is 10.4 Å². The highest BCUT2D eigenvalue weighted by molar-refractivity contribution is 7.84. The van der Waals surface area contributed by atoms with Crippen molar-refractivity contribution in [3.05, 3.63) is 33.9 Å². The van der Waals surface area contributed by atoms with Gasteiger partial charge in [-0.3, -0.25) is 19.1 Å². The van der Waals surface area contributed by atoms with Crippen molar-refractivity contribution < 1.29 is 13.9 Å². The van der Waals surface area contributed by atoms with Crippen LogP contribution >= 0.6 is 0 Å². The predicted octanol–water partition coefficient (Wildman–Crippen LogP) is 0.285. The van der Waals surface area contributed by atoms with E-state index in [1.807, 2.05) is 0 Å². The molecule has 1 amide bonds. The molecule has 0 radical (unpaired) electrons. The van der Waals surface area contributed by atoms with Crippen LogP contribution in [-0.4, -0.2) is 33.6 Å². The smallest absolute Gasteiger partial charge is 0.282 e. The molecular formula is C10H13N3O4S. The maximum atomic E-state index is 11.7. The Labute approximate surface area is 106 Å². The van der Waals surface area contributed by atoms with Crippen LogP contribution in [0.25, 0.3) is 0 Å². The Morgan fingerprint density at radius 1 is 1.56 bits per heavy atom. The van der Waals surface area contributed by atoms with E-state index >= 15 is 0 Å². The molecular weight excluding hydrogens is 258 g/mol. The van der Waals surface area contributed by atoms with Crippen molar-refractivity contribution in [2.75, 3.05) is 24.3 Å². The Hall–Kier alpha value is -1.96. The molecule has 0 aromatic heterocycles. The molecule has 0 bridgehead atoms. The summed E-state index contributed by atoms with van der Waals surface area (Å²) < 4.78 is 10.8. The molecule has 0 aliphatic rings. The lowest BCUT2D eigenvalue weighted by Crippen LogP contribution is -2.28. The Morgan fingerprint density at radius 3 is 2.78 bits per heavy atom. The lowest BCUT2D eigenvalue weighted by atomic mass is 10.1. The van der Waals surface area contributed by atoms with Gasteiger partial charge in [-0.2, -0.15) is 0 Å². The van der Waals surface area contributed by atoms with Gasteiger partial charge in [0.05, 0.1) is 4.92 Å². The van der Waals surface area contributed by atoms with Gasteiger partial charge >= 0.3 is 0 Å². The largest absolute Gasteiger partial charge is 0.399 e. The van der Waals surface area contributed by atoms with E-state index in [0.29, 0.717) is 5.75 Å². The van der Waals surface area contributed by atoms with Crippen molar-refractivity contribution in [2.45, 2.75) is 0 Å². The molecule has 0 saturated heterocycles. The molecule has 0 spiro atoms. The fourth-order valence-corrected chi connectivity index (χ4v) is 1.69. The molecule has 0 fully saturated rings. The molecule has 0 heterocycles. The highest BCUT2D eigenvalue weighted by atomic mass is 32.2. The van der Waals surface area contributed by atoms with Crippen molar-refractivity contribution in [3.8, 4) is 0 Å². The topological polar surface area (TPSA) is 115 Å². The van der Waals surface area contributed by atoms with Gasteiger partial charge in [0.1, 0.15) is 5.56 Å². The molecule has 18 heavy (non-hydrogen) atoms. The maximum absolute atomic E-state index is 11.7. The summed E-state index contributed by atoms with van der Waals surface area (Å²) in [5.74, 6) is -0.304. The van der Waals surface area contributed by atoms with Gasteiger partial charge in [-0.1, -0.05) is 0 Å². The minimum absolute atomic E-state index is 0.0955. The van der Waals surface area contributed by atoms with E-state index < -0.39 is 21.6 Å². The van der Waals surface area contributed by atoms with Gasteiger partial charge in [-0.15, -0.1) is 0 Å². The number of hydrogen-bond donors (Lipinski definition) is 2. The number of nitrogen functional groups attached to an aromatic ring is 1. The second kappa shape index (κ2) is 6.10. The zero-order valence-electron chi connectivity index (χ0n) is 9.71. The van der Waals surface area contributed by atoms with Crippen LogP contribution in [0.4, 0.5) is 11.4 Å². The van der Waals surface area contributed by atoms with E-state index in [4.69, 9.17) is 5.73 Å². The third kappa shape index (κ3) is 3.81. The van der Waals surface area contributed by atoms with Crippen LogP contribution in [-0.2, 0) is 10.8 Å². The summed E-state index contributed by atoms with van der Waals surface area (Å²) >= 11 is 0. The lowest BCUT2D eigenvalue weighted by Gasteiger charge is -2.05. The summed E-state index contributed by atoms with van der Waals surface area (Å²) in [6, 6.07) is 3.79. The SMILES string of the molecule is CS(=O)CCNC(=O)c1cc(N)ccc1[N+](=O)[O-]. The van der Waals surface area contributed by atoms with Gasteiger partial charge < -0.3 is 11.1 Å². The maximum Gasteiger partial charge on any atom is 0.282 e. The van der Waals surface area contributed by atoms with Crippen molar-refractivity contribution >= 4 is 28.1 Å². The molecule has 1 aromatic rings. The van der Waals surface area contributed by atoms with Crippen LogP contribution in [0.2, 0.25) is 0 Å². The van der Waals surface area contributed by atoms with Crippen molar-refractivity contribution in [3.63, 3.8) is 0 Å². The number of rotatable bonds is 5. The van der Waals surface area contributed by atoms with Crippen LogP contribution < -0.4 is 11.1 Å². The second-order valence-corrected chi connectivity index (χ2v) is 5.12. The first-order valence-corrected chi connectivity index (χ1v) is 6.76. The standard InChI is InChI=1S/C10H13N3O4S/c1-18(17)5-4-12-10(14)8-6-7(11)2-3-9(8)13(15)16/h2-3,6H,4-5,11H2,1H3,(H,12,14). The molecule has 1 atom stereocenters. The summed E-state index contributed by atoms with van der Waals surface area (Å²) in [6.45, 7) is 0.188. The molecule has 3 N–H and O–H groups in total. The number of anilines is 1. The quantitative estimate of drug-likeness (QED) is 0.453. The third-order valence-electron chi connectivity index (χ3n) is 2.14. The number of nitrogens with one attached hydrogen (secondary N) is 1. The summed E-state index contributed by atoms with van der Waals surface area (Å²) in [5.41, 5.74) is 5.36. The molecule has 0 aliphatic carbocycles. The number of nitro benzene ring substituents is 1. The van der Waals surface area contributed by atoms with E-state index in [9.17, 15) is 19.1 Å². The summed E-state index contributed by atoms with van der Waals surface area (Å²) in [4.78, 5) is 21.8. The number of nitrogens with zero attached hydrogens (tertiary/aromatic N) is 1. The lowest BCUT2D eigenvalue weighted by molar-refractivity contribution is -0.385. The zero-order chi connectivity index (χ0) is 13.7. The minimum atomic E-state index is -1.03. The Kier molecular flexibility index (Phi) is 4.78. The van der Waals surface area contributed by atoms with Crippen LogP contribution in [0, 0.1) is 10.1 Å². The number of hydrogen-bond acceptors (Lipinski definition) is 5. The Morgan fingerprint density at radius 2 is 2.22 bits per heavy atom. The van der Waals surface area contributed by atoms with Crippen LogP contribution in [0.3, 0.4) is 0 Å². The van der Waals surface area contributed by atoms with E-state index in [1.165, 1.54) is 24.5 Å². The average molecular weight is 271 g/mol. The van der Waals surface area contributed by atoms with Gasteiger partial charge in [-0.05, 0) is 12.1 Å². The summed E-state index contributed by atoms with van der Waals surface area (Å²) in [6.07, 6.45) is 1.51.